The number of nitrogens with zero attached hydrogens (tertiary/aromatic N) is 2. The van der Waals surface area contributed by atoms with Gasteiger partial charge in [-0.1, -0.05) is 6.42 Å². The van der Waals surface area contributed by atoms with Gasteiger partial charge < -0.3 is 10.0 Å². The molecular weight excluding hydrogens is 296 g/mol. The van der Waals surface area contributed by atoms with Crippen LogP contribution in [0.5, 0.6) is 0 Å². The largest absolute Gasteiger partial charge is 0.390 e. The molecule has 0 spiro atoms. The Morgan fingerprint density at radius 1 is 1.14 bits per heavy atom. The summed E-state index contributed by atoms with van der Waals surface area (Å²) in [6, 6.07) is 7.83. The molecule has 0 saturated carbocycles. The first-order valence-electron chi connectivity index (χ1n) is 8.04. The molecule has 1 amide bonds. The number of amides is 1. The maximum Gasteiger partial charge on any atom is 0.253 e. The van der Waals surface area contributed by atoms with Gasteiger partial charge in [-0.05, 0) is 56.5 Å². The van der Waals surface area contributed by atoms with Gasteiger partial charge in [0.1, 0.15) is 0 Å². The van der Waals surface area contributed by atoms with Crippen LogP contribution in [0.2, 0.25) is 0 Å². The lowest BCUT2D eigenvalue weighted by atomic mass is 10.1. The van der Waals surface area contributed by atoms with Gasteiger partial charge in [-0.2, -0.15) is 0 Å². The van der Waals surface area contributed by atoms with Gasteiger partial charge in [0, 0.05) is 23.5 Å². The molecule has 0 aliphatic carbocycles. The van der Waals surface area contributed by atoms with E-state index in [2.05, 4.69) is 4.90 Å². The average molecular weight is 320 g/mol. The maximum atomic E-state index is 12.6. The van der Waals surface area contributed by atoms with Gasteiger partial charge in [0.25, 0.3) is 5.91 Å². The van der Waals surface area contributed by atoms with Crippen molar-refractivity contribution in [1.82, 2.24) is 9.80 Å². The van der Waals surface area contributed by atoms with Gasteiger partial charge in [0.15, 0.2) is 0 Å². The molecular formula is C17H24N2O2S. The lowest BCUT2D eigenvalue weighted by Gasteiger charge is -2.33. The summed E-state index contributed by atoms with van der Waals surface area (Å²) in [5, 5.41) is 10.4. The molecule has 1 aromatic rings. The number of carbonyl (C=O) groups is 1. The highest BCUT2D eigenvalue weighted by Gasteiger charge is 2.38. The highest BCUT2D eigenvalue weighted by atomic mass is 32.2. The molecule has 120 valence electrons. The van der Waals surface area contributed by atoms with E-state index < -0.39 is 6.10 Å². The smallest absolute Gasteiger partial charge is 0.253 e. The fourth-order valence-corrected chi connectivity index (χ4v) is 3.87. The van der Waals surface area contributed by atoms with E-state index in [1.165, 1.54) is 19.3 Å². The van der Waals surface area contributed by atoms with Crippen molar-refractivity contribution in [2.24, 2.45) is 0 Å². The number of aliphatic hydroxyl groups is 1. The molecule has 2 heterocycles. The number of hydrogen-bond acceptors (Lipinski definition) is 4. The first-order chi connectivity index (χ1) is 10.7. The quantitative estimate of drug-likeness (QED) is 0.866. The molecule has 0 unspecified atom stereocenters. The first-order valence-corrected chi connectivity index (χ1v) is 9.27. The highest BCUT2D eigenvalue weighted by Crippen LogP contribution is 2.23. The summed E-state index contributed by atoms with van der Waals surface area (Å²) < 4.78 is 0. The minimum absolute atomic E-state index is 0.0335. The molecule has 2 aliphatic rings. The molecule has 2 fully saturated rings. The molecule has 2 aliphatic heterocycles. The number of benzene rings is 1. The second kappa shape index (κ2) is 7.02. The van der Waals surface area contributed by atoms with Gasteiger partial charge in [0.2, 0.25) is 0 Å². The number of β-amino-alcohol motifs (C(OH)–C–C–N with tert-alkyl or cyclic N) is 1. The van der Waals surface area contributed by atoms with Gasteiger partial charge >= 0.3 is 0 Å². The van der Waals surface area contributed by atoms with Crippen molar-refractivity contribution in [2.45, 2.75) is 36.3 Å². The minimum atomic E-state index is -0.424. The van der Waals surface area contributed by atoms with Crippen LogP contribution in [0.25, 0.3) is 0 Å². The van der Waals surface area contributed by atoms with Crippen molar-refractivity contribution in [1.29, 1.82) is 0 Å². The van der Waals surface area contributed by atoms with E-state index in [-0.39, 0.29) is 11.9 Å². The number of hydrogen-bond donors (Lipinski definition) is 1. The summed E-state index contributed by atoms with van der Waals surface area (Å²) in [5.41, 5.74) is 0.712. The lowest BCUT2D eigenvalue weighted by Crippen LogP contribution is -2.46. The van der Waals surface area contributed by atoms with Crippen molar-refractivity contribution in [3.05, 3.63) is 29.8 Å². The molecule has 0 bridgehead atoms. The van der Waals surface area contributed by atoms with Crippen LogP contribution in [0.3, 0.4) is 0 Å². The number of rotatable bonds is 3. The number of piperidine rings is 1. The monoisotopic (exact) mass is 320 g/mol. The summed E-state index contributed by atoms with van der Waals surface area (Å²) in [6.45, 7) is 3.19. The molecule has 1 N–H and O–H groups in total. The van der Waals surface area contributed by atoms with E-state index in [9.17, 15) is 9.90 Å². The minimum Gasteiger partial charge on any atom is -0.390 e. The van der Waals surface area contributed by atoms with Crippen molar-refractivity contribution in [3.8, 4) is 0 Å². The zero-order valence-corrected chi connectivity index (χ0v) is 13.9. The molecule has 2 atom stereocenters. The Kier molecular flexibility index (Phi) is 5.06. The fraction of sp³-hybridized carbons (Fsp3) is 0.588. The van der Waals surface area contributed by atoms with E-state index in [0.717, 1.165) is 18.0 Å². The number of carbonyl (C=O) groups excluding carboxylic acids is 1. The summed E-state index contributed by atoms with van der Waals surface area (Å²) in [5.74, 6) is 0.0335. The third-order valence-corrected chi connectivity index (χ3v) is 5.49. The number of aliphatic hydroxyl groups excluding tert-OH is 1. The topological polar surface area (TPSA) is 43.8 Å². The Morgan fingerprint density at radius 3 is 2.45 bits per heavy atom. The molecule has 1 aromatic carbocycles. The normalized spacial score (nSPS) is 26.4. The first kappa shape index (κ1) is 15.8. The molecule has 5 heteroatoms. The zero-order chi connectivity index (χ0) is 15.5. The number of thioether (sulfide) groups is 1. The Hall–Kier alpha value is -1.04. The van der Waals surface area contributed by atoms with Crippen LogP contribution in [0.15, 0.2) is 29.2 Å². The van der Waals surface area contributed by atoms with E-state index >= 15 is 0 Å². The molecule has 4 nitrogen and oxygen atoms in total. The Labute approximate surface area is 136 Å². The third kappa shape index (κ3) is 3.31. The Morgan fingerprint density at radius 2 is 1.82 bits per heavy atom. The van der Waals surface area contributed by atoms with Gasteiger partial charge in [-0.15, -0.1) is 11.8 Å². The lowest BCUT2D eigenvalue weighted by molar-refractivity contribution is 0.0702. The summed E-state index contributed by atoms with van der Waals surface area (Å²) in [7, 11) is 0. The second-order valence-corrected chi connectivity index (χ2v) is 7.05. The van der Waals surface area contributed by atoms with E-state index in [4.69, 9.17) is 0 Å². The zero-order valence-electron chi connectivity index (χ0n) is 13.1. The SMILES string of the molecule is CSc1ccc(C(=O)N2C[C@H](O)[C@@H](N3CCCCC3)C2)cc1. The maximum absolute atomic E-state index is 12.6. The van der Waals surface area contributed by atoms with Crippen molar-refractivity contribution < 1.29 is 9.90 Å². The highest BCUT2D eigenvalue weighted by molar-refractivity contribution is 7.98. The van der Waals surface area contributed by atoms with Crippen LogP contribution in [-0.2, 0) is 0 Å². The predicted octanol–water partition coefficient (Wildman–Crippen LogP) is 2.08. The van der Waals surface area contributed by atoms with Crippen LogP contribution in [-0.4, -0.2) is 65.4 Å². The molecule has 3 rings (SSSR count). The van der Waals surface area contributed by atoms with Gasteiger partial charge in [0.05, 0.1) is 12.1 Å². The van der Waals surface area contributed by atoms with E-state index in [1.807, 2.05) is 30.5 Å². The van der Waals surface area contributed by atoms with Crippen molar-refractivity contribution in [2.75, 3.05) is 32.4 Å². The summed E-state index contributed by atoms with van der Waals surface area (Å²) in [6.07, 6.45) is 5.29. The van der Waals surface area contributed by atoms with Crippen LogP contribution < -0.4 is 0 Å². The fourth-order valence-electron chi connectivity index (χ4n) is 3.46. The Balaban J connectivity index is 1.66. The summed E-state index contributed by atoms with van der Waals surface area (Å²) >= 11 is 1.67. The van der Waals surface area contributed by atoms with Crippen LogP contribution in [0.1, 0.15) is 29.6 Å². The molecule has 0 aromatic heterocycles. The second-order valence-electron chi connectivity index (χ2n) is 6.17. The average Bonchev–Trinajstić information content (AvgIpc) is 2.97. The van der Waals surface area contributed by atoms with E-state index in [0.29, 0.717) is 18.7 Å². The Bertz CT molecular complexity index is 514. The number of likely N-dealkylation sites (tertiary alicyclic amines) is 2. The van der Waals surface area contributed by atoms with Crippen molar-refractivity contribution >= 4 is 17.7 Å². The standard InChI is InChI=1S/C17H24N2O2S/c1-22-14-7-5-13(6-8-14)17(21)19-11-15(16(20)12-19)18-9-3-2-4-10-18/h5-8,15-16,20H,2-4,9-12H2,1H3/t15-,16-/m0/s1. The van der Waals surface area contributed by atoms with Crippen molar-refractivity contribution in [3.63, 3.8) is 0 Å². The van der Waals surface area contributed by atoms with Crippen LogP contribution >= 0.6 is 11.8 Å². The van der Waals surface area contributed by atoms with Gasteiger partial charge in [-0.3, -0.25) is 9.69 Å². The predicted molar refractivity (Wildman–Crippen MR) is 89.3 cm³/mol. The van der Waals surface area contributed by atoms with Crippen LogP contribution in [0.4, 0.5) is 0 Å². The third-order valence-electron chi connectivity index (χ3n) is 4.74. The summed E-state index contributed by atoms with van der Waals surface area (Å²) in [4.78, 5) is 17.9. The molecule has 0 radical (unpaired) electrons. The van der Waals surface area contributed by atoms with Gasteiger partial charge in [-0.25, -0.2) is 0 Å². The van der Waals surface area contributed by atoms with E-state index in [1.54, 1.807) is 16.7 Å². The molecule has 22 heavy (non-hydrogen) atoms. The van der Waals surface area contributed by atoms with Crippen LogP contribution in [0, 0.1) is 0 Å². The molecule has 2 saturated heterocycles.